The Balaban J connectivity index is 1.44. The number of aromatic nitrogens is 4. The molecular formula is C18H18N6OS. The maximum absolute atomic E-state index is 12.0. The number of anilines is 1. The van der Waals surface area contributed by atoms with E-state index >= 15 is 0 Å². The van der Waals surface area contributed by atoms with Crippen molar-refractivity contribution in [2.24, 2.45) is 0 Å². The van der Waals surface area contributed by atoms with Gasteiger partial charge >= 0.3 is 0 Å². The van der Waals surface area contributed by atoms with Gasteiger partial charge in [-0.2, -0.15) is 0 Å². The molecule has 0 atom stereocenters. The fraction of sp³-hybridized carbons (Fsp3) is 0.278. The van der Waals surface area contributed by atoms with Gasteiger partial charge in [-0.1, -0.05) is 0 Å². The SMILES string of the molecule is Cc1nc(NCCc2csc(-c3cccnc3)n2)c2c(n1)C(=O)NCC2. The highest BCUT2D eigenvalue weighted by Crippen LogP contribution is 2.23. The fourth-order valence-corrected chi connectivity index (χ4v) is 3.75. The largest absolute Gasteiger partial charge is 0.369 e. The zero-order chi connectivity index (χ0) is 17.9. The lowest BCUT2D eigenvalue weighted by Crippen LogP contribution is -2.34. The van der Waals surface area contributed by atoms with E-state index in [1.165, 1.54) is 0 Å². The van der Waals surface area contributed by atoms with Crippen LogP contribution in [0, 0.1) is 6.92 Å². The Kier molecular flexibility index (Phi) is 4.57. The summed E-state index contributed by atoms with van der Waals surface area (Å²) >= 11 is 1.62. The molecule has 4 heterocycles. The van der Waals surface area contributed by atoms with Crippen LogP contribution in [0.15, 0.2) is 29.9 Å². The Bertz CT molecular complexity index is 940. The van der Waals surface area contributed by atoms with Gasteiger partial charge in [-0.05, 0) is 25.5 Å². The van der Waals surface area contributed by atoms with Gasteiger partial charge in [0.25, 0.3) is 5.91 Å². The lowest BCUT2D eigenvalue weighted by molar-refractivity contribution is 0.0940. The van der Waals surface area contributed by atoms with Gasteiger partial charge in [-0.15, -0.1) is 11.3 Å². The number of pyridine rings is 1. The Morgan fingerprint density at radius 1 is 1.31 bits per heavy atom. The van der Waals surface area contributed by atoms with Crippen molar-refractivity contribution in [1.29, 1.82) is 0 Å². The average Bonchev–Trinajstić information content (AvgIpc) is 3.12. The third-order valence-electron chi connectivity index (χ3n) is 4.13. The number of hydrogen-bond donors (Lipinski definition) is 2. The molecule has 3 aromatic rings. The van der Waals surface area contributed by atoms with Crippen LogP contribution in [0.25, 0.3) is 10.6 Å². The molecular weight excluding hydrogens is 348 g/mol. The van der Waals surface area contributed by atoms with Crippen LogP contribution >= 0.6 is 11.3 Å². The van der Waals surface area contributed by atoms with Gasteiger partial charge in [0.1, 0.15) is 22.3 Å². The van der Waals surface area contributed by atoms with E-state index in [4.69, 9.17) is 0 Å². The van der Waals surface area contributed by atoms with E-state index in [-0.39, 0.29) is 5.91 Å². The fourth-order valence-electron chi connectivity index (χ4n) is 2.90. The summed E-state index contributed by atoms with van der Waals surface area (Å²) in [6.45, 7) is 3.11. The van der Waals surface area contributed by atoms with Crippen molar-refractivity contribution < 1.29 is 4.79 Å². The van der Waals surface area contributed by atoms with Crippen molar-refractivity contribution in [3.05, 3.63) is 52.7 Å². The zero-order valence-electron chi connectivity index (χ0n) is 14.3. The summed E-state index contributed by atoms with van der Waals surface area (Å²) in [5.74, 6) is 1.22. The van der Waals surface area contributed by atoms with Gasteiger partial charge in [0.15, 0.2) is 0 Å². The maximum Gasteiger partial charge on any atom is 0.270 e. The van der Waals surface area contributed by atoms with Crippen molar-refractivity contribution >= 4 is 23.1 Å². The van der Waals surface area contributed by atoms with Crippen molar-refractivity contribution in [1.82, 2.24) is 25.3 Å². The van der Waals surface area contributed by atoms with Gasteiger partial charge in [-0.3, -0.25) is 9.78 Å². The first kappa shape index (κ1) is 16.6. The van der Waals surface area contributed by atoms with Crippen LogP contribution in [0.5, 0.6) is 0 Å². The molecule has 2 N–H and O–H groups in total. The molecule has 0 saturated carbocycles. The van der Waals surface area contributed by atoms with Gasteiger partial charge in [0.05, 0.1) is 5.69 Å². The molecule has 0 aromatic carbocycles. The van der Waals surface area contributed by atoms with Crippen molar-refractivity contribution in [2.45, 2.75) is 19.8 Å². The number of hydrogen-bond acceptors (Lipinski definition) is 7. The second-order valence-electron chi connectivity index (χ2n) is 6.01. The summed E-state index contributed by atoms with van der Waals surface area (Å²) < 4.78 is 0. The van der Waals surface area contributed by atoms with Gasteiger partial charge in [-0.25, -0.2) is 15.0 Å². The Labute approximate surface area is 155 Å². The molecule has 3 aromatic heterocycles. The highest BCUT2D eigenvalue weighted by atomic mass is 32.1. The number of rotatable bonds is 5. The third kappa shape index (κ3) is 3.41. The molecule has 0 saturated heterocycles. The Morgan fingerprint density at radius 2 is 2.23 bits per heavy atom. The van der Waals surface area contributed by atoms with Crippen molar-refractivity contribution in [3.8, 4) is 10.6 Å². The lowest BCUT2D eigenvalue weighted by Gasteiger charge is -2.19. The number of aryl methyl sites for hydroxylation is 1. The second kappa shape index (κ2) is 7.17. The van der Waals surface area contributed by atoms with Crippen LogP contribution < -0.4 is 10.6 Å². The van der Waals surface area contributed by atoms with E-state index in [9.17, 15) is 4.79 Å². The predicted molar refractivity (Wildman–Crippen MR) is 100 cm³/mol. The predicted octanol–water partition coefficient (Wildman–Crippen LogP) is 2.24. The molecule has 7 nitrogen and oxygen atoms in total. The smallest absolute Gasteiger partial charge is 0.270 e. The van der Waals surface area contributed by atoms with Crippen LogP contribution in [0.2, 0.25) is 0 Å². The standard InChI is InChI=1S/C18H18N6OS/c1-11-22-15-14(5-8-21-17(15)25)16(23-11)20-7-4-13-10-26-18(24-13)12-3-2-6-19-9-12/h2-3,6,9-10H,4-5,7-8H2,1H3,(H,21,25)(H,20,22,23). The minimum Gasteiger partial charge on any atom is -0.369 e. The molecule has 1 aliphatic heterocycles. The molecule has 0 fully saturated rings. The van der Waals surface area contributed by atoms with Crippen LogP contribution in [-0.2, 0) is 12.8 Å². The van der Waals surface area contributed by atoms with Crippen LogP contribution in [-0.4, -0.2) is 38.9 Å². The maximum atomic E-state index is 12.0. The minimum atomic E-state index is -0.125. The van der Waals surface area contributed by atoms with E-state index in [0.717, 1.165) is 40.5 Å². The summed E-state index contributed by atoms with van der Waals surface area (Å²) in [5, 5.41) is 9.21. The van der Waals surface area contributed by atoms with E-state index in [2.05, 4.69) is 35.9 Å². The van der Waals surface area contributed by atoms with Gasteiger partial charge in [0, 0.05) is 48.4 Å². The number of carbonyl (C=O) groups is 1. The second-order valence-corrected chi connectivity index (χ2v) is 6.87. The monoisotopic (exact) mass is 366 g/mol. The van der Waals surface area contributed by atoms with Crippen LogP contribution in [0.1, 0.15) is 27.6 Å². The number of nitrogens with zero attached hydrogens (tertiary/aromatic N) is 4. The first-order chi connectivity index (χ1) is 12.7. The van der Waals surface area contributed by atoms with E-state index in [0.29, 0.717) is 24.6 Å². The highest BCUT2D eigenvalue weighted by Gasteiger charge is 2.22. The Morgan fingerprint density at radius 3 is 3.08 bits per heavy atom. The number of fused-ring (bicyclic) bond motifs is 1. The minimum absolute atomic E-state index is 0.125. The van der Waals surface area contributed by atoms with Crippen LogP contribution in [0.4, 0.5) is 5.82 Å². The number of thiazole rings is 1. The molecule has 0 spiro atoms. The molecule has 0 aliphatic carbocycles. The number of nitrogens with one attached hydrogen (secondary N) is 2. The van der Waals surface area contributed by atoms with Crippen molar-refractivity contribution in [2.75, 3.05) is 18.4 Å². The summed E-state index contributed by atoms with van der Waals surface area (Å²) in [6.07, 6.45) is 5.10. The van der Waals surface area contributed by atoms with Crippen molar-refractivity contribution in [3.63, 3.8) is 0 Å². The normalized spacial score (nSPS) is 13.2. The highest BCUT2D eigenvalue weighted by molar-refractivity contribution is 7.13. The Hall–Kier alpha value is -2.87. The number of amides is 1. The summed E-state index contributed by atoms with van der Waals surface area (Å²) in [7, 11) is 0. The third-order valence-corrected chi connectivity index (χ3v) is 5.07. The summed E-state index contributed by atoms with van der Waals surface area (Å²) in [5.41, 5.74) is 3.44. The molecule has 26 heavy (non-hydrogen) atoms. The molecule has 1 amide bonds. The summed E-state index contributed by atoms with van der Waals surface area (Å²) in [6, 6.07) is 3.92. The quantitative estimate of drug-likeness (QED) is 0.719. The van der Waals surface area contributed by atoms with E-state index < -0.39 is 0 Å². The molecule has 1 aliphatic rings. The van der Waals surface area contributed by atoms with Crippen LogP contribution in [0.3, 0.4) is 0 Å². The molecule has 8 heteroatoms. The number of carbonyl (C=O) groups excluding carboxylic acids is 1. The zero-order valence-corrected chi connectivity index (χ0v) is 15.1. The molecule has 4 rings (SSSR count). The van der Waals surface area contributed by atoms with Gasteiger partial charge in [0.2, 0.25) is 0 Å². The lowest BCUT2D eigenvalue weighted by atomic mass is 10.1. The summed E-state index contributed by atoms with van der Waals surface area (Å²) in [4.78, 5) is 29.5. The van der Waals surface area contributed by atoms with Gasteiger partial charge < -0.3 is 10.6 Å². The first-order valence-corrected chi connectivity index (χ1v) is 9.33. The first-order valence-electron chi connectivity index (χ1n) is 8.45. The molecule has 0 bridgehead atoms. The molecule has 0 radical (unpaired) electrons. The topological polar surface area (TPSA) is 92.7 Å². The van der Waals surface area contributed by atoms with E-state index in [1.807, 2.05) is 18.3 Å². The molecule has 132 valence electrons. The average molecular weight is 366 g/mol. The molecule has 0 unspecified atom stereocenters. The van der Waals surface area contributed by atoms with E-state index in [1.54, 1.807) is 24.5 Å².